The summed E-state index contributed by atoms with van der Waals surface area (Å²) in [5.74, 6) is 1.00. The smallest absolute Gasteiger partial charge is 0.315 e. The zero-order chi connectivity index (χ0) is 16.7. The Balaban J connectivity index is 1.66. The van der Waals surface area contributed by atoms with E-state index in [2.05, 4.69) is 29.8 Å². The maximum absolute atomic E-state index is 12.0. The largest absolute Gasteiger partial charge is 0.352 e. The Morgan fingerprint density at radius 1 is 1.09 bits per heavy atom. The van der Waals surface area contributed by atoms with Gasteiger partial charge in [0.15, 0.2) is 0 Å². The summed E-state index contributed by atoms with van der Waals surface area (Å²) in [5.41, 5.74) is 1.03. The van der Waals surface area contributed by atoms with Crippen molar-refractivity contribution in [3.63, 3.8) is 0 Å². The Morgan fingerprint density at radius 2 is 1.83 bits per heavy atom. The summed E-state index contributed by atoms with van der Waals surface area (Å²) in [7, 11) is 0. The van der Waals surface area contributed by atoms with Gasteiger partial charge in [0.2, 0.25) is 5.91 Å². The molecule has 0 radical (unpaired) electrons. The van der Waals surface area contributed by atoms with Crippen molar-refractivity contribution in [2.45, 2.75) is 45.7 Å². The highest BCUT2D eigenvalue weighted by Gasteiger charge is 2.27. The molecule has 5 heteroatoms. The molecule has 5 nitrogen and oxygen atoms in total. The maximum atomic E-state index is 12.0. The molecule has 1 saturated carbocycles. The minimum absolute atomic E-state index is 0.0121. The van der Waals surface area contributed by atoms with Crippen LogP contribution >= 0.6 is 0 Å². The highest BCUT2D eigenvalue weighted by atomic mass is 16.2. The molecule has 0 unspecified atom stereocenters. The molecule has 0 spiro atoms. The number of urea groups is 1. The van der Waals surface area contributed by atoms with E-state index in [4.69, 9.17) is 0 Å². The highest BCUT2D eigenvalue weighted by molar-refractivity contribution is 5.84. The van der Waals surface area contributed by atoms with E-state index in [9.17, 15) is 9.59 Å². The van der Waals surface area contributed by atoms with Crippen LogP contribution in [0, 0.1) is 11.8 Å². The number of rotatable bonds is 5. The lowest BCUT2D eigenvalue weighted by molar-refractivity contribution is -0.121. The van der Waals surface area contributed by atoms with Gasteiger partial charge in [0.1, 0.15) is 0 Å². The Morgan fingerprint density at radius 3 is 2.57 bits per heavy atom. The molecule has 0 heterocycles. The van der Waals surface area contributed by atoms with E-state index in [1.54, 1.807) is 0 Å². The average Bonchev–Trinajstić information content (AvgIpc) is 2.56. The van der Waals surface area contributed by atoms with Crippen LogP contribution < -0.4 is 16.0 Å². The van der Waals surface area contributed by atoms with Gasteiger partial charge in [-0.05, 0) is 23.8 Å². The van der Waals surface area contributed by atoms with Crippen molar-refractivity contribution < 1.29 is 9.59 Å². The van der Waals surface area contributed by atoms with Gasteiger partial charge in [-0.15, -0.1) is 0 Å². The molecule has 1 aliphatic carbocycles. The number of carbonyl (C=O) groups is 2. The third kappa shape index (κ3) is 5.58. The van der Waals surface area contributed by atoms with Crippen molar-refractivity contribution in [1.29, 1.82) is 0 Å². The first kappa shape index (κ1) is 17.3. The molecule has 3 amide bonds. The van der Waals surface area contributed by atoms with Crippen LogP contribution in [0.5, 0.6) is 0 Å². The van der Waals surface area contributed by atoms with Crippen molar-refractivity contribution in [1.82, 2.24) is 16.0 Å². The Labute approximate surface area is 138 Å². The van der Waals surface area contributed by atoms with Gasteiger partial charge < -0.3 is 16.0 Å². The second-order valence-corrected chi connectivity index (χ2v) is 6.46. The van der Waals surface area contributed by atoms with Crippen molar-refractivity contribution in [3.05, 3.63) is 35.9 Å². The number of carbonyl (C=O) groups excluding carboxylic acids is 2. The fraction of sp³-hybridized carbons (Fsp3) is 0.556. The first-order valence-corrected chi connectivity index (χ1v) is 8.41. The van der Waals surface area contributed by atoms with Crippen LogP contribution in [-0.4, -0.2) is 24.5 Å². The monoisotopic (exact) mass is 317 g/mol. The van der Waals surface area contributed by atoms with Crippen LogP contribution in [0.1, 0.15) is 38.7 Å². The number of benzene rings is 1. The predicted octanol–water partition coefficient (Wildman–Crippen LogP) is 2.43. The Kier molecular flexibility index (Phi) is 6.44. The molecular formula is C18H27N3O2. The topological polar surface area (TPSA) is 70.2 Å². The third-order valence-corrected chi connectivity index (χ3v) is 4.76. The SMILES string of the molecule is C[C@H]1[C@H](C)CCC[C@@H]1NC(=O)CNC(=O)NCc1ccccc1. The molecule has 1 aromatic carbocycles. The van der Waals surface area contributed by atoms with E-state index >= 15 is 0 Å². The Bertz CT molecular complexity index is 518. The van der Waals surface area contributed by atoms with Crippen molar-refractivity contribution >= 4 is 11.9 Å². The van der Waals surface area contributed by atoms with Crippen LogP contribution in [0.25, 0.3) is 0 Å². The van der Waals surface area contributed by atoms with Crippen LogP contribution in [-0.2, 0) is 11.3 Å². The molecule has 1 aliphatic rings. The first-order valence-electron chi connectivity index (χ1n) is 8.41. The average molecular weight is 317 g/mol. The number of hydrogen-bond acceptors (Lipinski definition) is 2. The summed E-state index contributed by atoms with van der Waals surface area (Å²) < 4.78 is 0. The quantitative estimate of drug-likeness (QED) is 0.780. The number of amides is 3. The fourth-order valence-electron chi connectivity index (χ4n) is 3.04. The number of hydrogen-bond donors (Lipinski definition) is 3. The molecule has 0 saturated heterocycles. The second kappa shape index (κ2) is 8.56. The van der Waals surface area contributed by atoms with E-state index in [0.717, 1.165) is 18.4 Å². The molecule has 0 bridgehead atoms. The molecule has 23 heavy (non-hydrogen) atoms. The van der Waals surface area contributed by atoms with E-state index < -0.39 is 0 Å². The predicted molar refractivity (Wildman–Crippen MR) is 90.8 cm³/mol. The summed E-state index contributed by atoms with van der Waals surface area (Å²) in [5, 5.41) is 8.40. The third-order valence-electron chi connectivity index (χ3n) is 4.76. The number of nitrogens with one attached hydrogen (secondary N) is 3. The van der Waals surface area contributed by atoms with E-state index in [1.807, 2.05) is 30.3 Å². The summed E-state index contributed by atoms with van der Waals surface area (Å²) in [6, 6.07) is 9.57. The zero-order valence-electron chi connectivity index (χ0n) is 14.0. The van der Waals surface area contributed by atoms with Crippen molar-refractivity contribution in [2.24, 2.45) is 11.8 Å². The van der Waals surface area contributed by atoms with Gasteiger partial charge >= 0.3 is 6.03 Å². The van der Waals surface area contributed by atoms with Gasteiger partial charge in [0.25, 0.3) is 0 Å². The highest BCUT2D eigenvalue weighted by Crippen LogP contribution is 2.29. The molecule has 126 valence electrons. The van der Waals surface area contributed by atoms with Crippen LogP contribution in [0.3, 0.4) is 0 Å². The first-order chi connectivity index (χ1) is 11.1. The molecular weight excluding hydrogens is 290 g/mol. The van der Waals surface area contributed by atoms with Crippen LogP contribution in [0.15, 0.2) is 30.3 Å². The molecule has 0 aliphatic heterocycles. The van der Waals surface area contributed by atoms with Crippen LogP contribution in [0.4, 0.5) is 4.79 Å². The second-order valence-electron chi connectivity index (χ2n) is 6.46. The van der Waals surface area contributed by atoms with Crippen molar-refractivity contribution in [3.8, 4) is 0 Å². The normalized spacial score (nSPS) is 23.8. The lowest BCUT2D eigenvalue weighted by atomic mass is 9.78. The molecule has 0 aromatic heterocycles. The van der Waals surface area contributed by atoms with Gasteiger partial charge in [-0.2, -0.15) is 0 Å². The van der Waals surface area contributed by atoms with Gasteiger partial charge in [0, 0.05) is 12.6 Å². The van der Waals surface area contributed by atoms with E-state index in [0.29, 0.717) is 18.4 Å². The molecule has 1 aromatic rings. The standard InChI is InChI=1S/C18H27N3O2/c1-13-7-6-10-16(14(13)2)21-17(22)12-20-18(23)19-11-15-8-4-3-5-9-15/h3-5,8-9,13-14,16H,6-7,10-12H2,1-2H3,(H,21,22)(H2,19,20,23)/t13-,14+,16+/m1/s1. The molecule has 3 atom stereocenters. The summed E-state index contributed by atoms with van der Waals surface area (Å²) in [6.07, 6.45) is 3.41. The minimum Gasteiger partial charge on any atom is -0.352 e. The minimum atomic E-state index is -0.325. The summed E-state index contributed by atoms with van der Waals surface area (Å²) in [4.78, 5) is 23.7. The lowest BCUT2D eigenvalue weighted by Crippen LogP contribution is -2.48. The van der Waals surface area contributed by atoms with E-state index in [-0.39, 0.29) is 24.5 Å². The zero-order valence-corrected chi connectivity index (χ0v) is 14.0. The summed E-state index contributed by atoms with van der Waals surface area (Å²) in [6.45, 7) is 4.89. The van der Waals surface area contributed by atoms with Crippen LogP contribution in [0.2, 0.25) is 0 Å². The van der Waals surface area contributed by atoms with Crippen molar-refractivity contribution in [2.75, 3.05) is 6.54 Å². The molecule has 2 rings (SSSR count). The maximum Gasteiger partial charge on any atom is 0.315 e. The van der Waals surface area contributed by atoms with Gasteiger partial charge in [0.05, 0.1) is 6.54 Å². The molecule has 3 N–H and O–H groups in total. The summed E-state index contributed by atoms with van der Waals surface area (Å²) >= 11 is 0. The van der Waals surface area contributed by atoms with Gasteiger partial charge in [-0.3, -0.25) is 4.79 Å². The van der Waals surface area contributed by atoms with Gasteiger partial charge in [-0.25, -0.2) is 4.79 Å². The Hall–Kier alpha value is -2.04. The molecule has 1 fully saturated rings. The fourth-order valence-corrected chi connectivity index (χ4v) is 3.04. The van der Waals surface area contributed by atoms with Gasteiger partial charge in [-0.1, -0.05) is 57.0 Å². The lowest BCUT2D eigenvalue weighted by Gasteiger charge is -2.34. The van der Waals surface area contributed by atoms with E-state index in [1.165, 1.54) is 6.42 Å².